The molecule has 0 bridgehead atoms. The molecule has 2 saturated heterocycles. The Morgan fingerprint density at radius 3 is 2.62 bits per heavy atom. The van der Waals surface area contributed by atoms with E-state index in [1.807, 2.05) is 5.32 Å². The van der Waals surface area contributed by atoms with E-state index in [0.29, 0.717) is 10.5 Å². The zero-order valence-corrected chi connectivity index (χ0v) is 23.5. The van der Waals surface area contributed by atoms with Crippen LogP contribution < -0.4 is 26.9 Å². The Bertz CT molecular complexity index is 1580. The van der Waals surface area contributed by atoms with E-state index in [9.17, 15) is 43.9 Å². The van der Waals surface area contributed by atoms with Gasteiger partial charge in [-0.2, -0.15) is 0 Å². The van der Waals surface area contributed by atoms with Crippen molar-refractivity contribution in [3.8, 4) is 0 Å². The van der Waals surface area contributed by atoms with Gasteiger partial charge in [-0.05, 0) is 23.1 Å². The average Bonchev–Trinajstić information content (AvgIpc) is 3.59. The van der Waals surface area contributed by atoms with Crippen LogP contribution in [0.2, 0.25) is 0 Å². The van der Waals surface area contributed by atoms with Gasteiger partial charge < -0.3 is 20.9 Å². The van der Waals surface area contributed by atoms with E-state index < -0.39 is 65.3 Å². The molecule has 0 aromatic carbocycles. The number of carbonyl (C=O) groups excluding carboxylic acids is 5. The van der Waals surface area contributed by atoms with Gasteiger partial charge >= 0.3 is 23.6 Å². The van der Waals surface area contributed by atoms with E-state index in [0.717, 1.165) is 39.1 Å². The first kappa shape index (κ1) is 29.0. The van der Waals surface area contributed by atoms with Crippen LogP contribution in [0.1, 0.15) is 10.9 Å². The highest BCUT2D eigenvalue weighted by atomic mass is 32.2. The zero-order valence-electron chi connectivity index (χ0n) is 21.0. The van der Waals surface area contributed by atoms with Crippen LogP contribution in [0.15, 0.2) is 50.7 Å². The van der Waals surface area contributed by atoms with Crippen LogP contribution in [-0.2, 0) is 19.2 Å². The van der Waals surface area contributed by atoms with Crippen molar-refractivity contribution in [2.45, 2.75) is 22.5 Å². The van der Waals surface area contributed by atoms with Crippen LogP contribution in [0.5, 0.6) is 0 Å². The minimum Gasteiger partial charge on any atom is -0.477 e. The number of hydrazine groups is 1. The molecule has 5 heterocycles. The number of aliphatic carboxylic acids is 1. The normalized spacial score (nSPS) is 20.4. The smallest absolute Gasteiger partial charge is 0.352 e. The predicted octanol–water partition coefficient (Wildman–Crippen LogP) is -1.12. The second kappa shape index (κ2) is 11.7. The molecular weight excluding hydrogens is 616 g/mol. The average molecular weight is 637 g/mol. The summed E-state index contributed by atoms with van der Waals surface area (Å²) in [5.41, 5.74) is 1.63. The van der Waals surface area contributed by atoms with E-state index in [2.05, 4.69) is 21.2 Å². The fraction of sp³-hybridized carbons (Fsp3) is 0.273. The number of hydrogen-bond acceptors (Lipinski definition) is 12. The number of fused-ring (bicyclic) bond motifs is 1. The fourth-order valence-corrected chi connectivity index (χ4v) is 7.30. The van der Waals surface area contributed by atoms with Gasteiger partial charge in [0.05, 0.1) is 0 Å². The Labute approximate surface area is 247 Å². The highest BCUT2D eigenvalue weighted by molar-refractivity contribution is 8.01. The van der Waals surface area contributed by atoms with E-state index in [1.165, 1.54) is 17.8 Å². The van der Waals surface area contributed by atoms with Crippen LogP contribution in [0.4, 0.5) is 9.59 Å². The maximum absolute atomic E-state index is 13.3. The molecule has 42 heavy (non-hydrogen) atoms. The molecule has 0 saturated carbocycles. The van der Waals surface area contributed by atoms with Crippen molar-refractivity contribution >= 4 is 70.6 Å². The lowest BCUT2D eigenvalue weighted by Gasteiger charge is -2.49. The van der Waals surface area contributed by atoms with Crippen LogP contribution in [0.25, 0.3) is 0 Å². The van der Waals surface area contributed by atoms with Gasteiger partial charge in [0.15, 0.2) is 0 Å². The monoisotopic (exact) mass is 636 g/mol. The Balaban J connectivity index is 1.26. The summed E-state index contributed by atoms with van der Waals surface area (Å²) in [6.45, 7) is -0.405. The summed E-state index contributed by atoms with van der Waals surface area (Å²) in [5.74, 6) is -3.05. The number of carboxylic acids is 1. The Morgan fingerprint density at radius 1 is 1.19 bits per heavy atom. The number of carbonyl (C=O) groups is 6. The van der Waals surface area contributed by atoms with Crippen molar-refractivity contribution < 1.29 is 39.1 Å². The molecular formula is C22H20N8O9S3. The molecule has 0 radical (unpaired) electrons. The lowest BCUT2D eigenvalue weighted by atomic mass is 10.0. The number of amides is 7. The first-order valence-corrected chi connectivity index (χ1v) is 14.8. The lowest BCUT2D eigenvalue weighted by molar-refractivity contribution is -0.150. The van der Waals surface area contributed by atoms with Gasteiger partial charge in [-0.1, -0.05) is 22.7 Å². The van der Waals surface area contributed by atoms with Gasteiger partial charge in [0.25, 0.3) is 5.91 Å². The molecule has 0 spiro atoms. The molecule has 20 heteroatoms. The molecule has 3 atom stereocenters. The number of hydrogen-bond donors (Lipinski definition) is 6. The summed E-state index contributed by atoms with van der Waals surface area (Å²) < 4.78 is 0. The molecule has 2 unspecified atom stereocenters. The number of β-lactam (4-membered cyclic amide) rings is 1. The third-order valence-corrected chi connectivity index (χ3v) is 9.38. The first-order chi connectivity index (χ1) is 20.0. The highest BCUT2D eigenvalue weighted by Crippen LogP contribution is 2.41. The number of nitrogens with zero attached hydrogens (tertiary/aromatic N) is 4. The predicted molar refractivity (Wildman–Crippen MR) is 145 cm³/mol. The van der Waals surface area contributed by atoms with Gasteiger partial charge in [-0.15, -0.1) is 28.2 Å². The summed E-state index contributed by atoms with van der Waals surface area (Å²) in [4.78, 5) is 87.2. The van der Waals surface area contributed by atoms with E-state index in [-0.39, 0.29) is 27.1 Å². The summed E-state index contributed by atoms with van der Waals surface area (Å²) in [6.07, 6.45) is 0. The third-order valence-electron chi connectivity index (χ3n) is 6.10. The topological polar surface area (TPSA) is 232 Å². The number of thiophene rings is 1. The molecule has 2 aromatic rings. The number of rotatable bonds is 9. The number of thioether (sulfide) groups is 2. The minimum atomic E-state index is -1.34. The highest BCUT2D eigenvalue weighted by Gasteiger charge is 2.54. The Hall–Kier alpha value is -4.56. The Kier molecular flexibility index (Phi) is 8.09. The van der Waals surface area contributed by atoms with Crippen molar-refractivity contribution in [1.29, 1.82) is 0 Å². The summed E-state index contributed by atoms with van der Waals surface area (Å²) in [6, 6.07) is 1.56. The van der Waals surface area contributed by atoms with Gasteiger partial charge in [-0.25, -0.2) is 24.8 Å². The summed E-state index contributed by atoms with van der Waals surface area (Å²) >= 11 is 3.45. The van der Waals surface area contributed by atoms with Gasteiger partial charge in [-0.3, -0.25) is 29.4 Å². The van der Waals surface area contributed by atoms with Crippen molar-refractivity contribution in [1.82, 2.24) is 41.2 Å². The molecule has 2 fully saturated rings. The fourth-order valence-electron chi connectivity index (χ4n) is 4.19. The number of urea groups is 2. The second-order valence-electron chi connectivity index (χ2n) is 8.81. The van der Waals surface area contributed by atoms with Crippen molar-refractivity contribution in [3.05, 3.63) is 56.1 Å². The number of aromatic nitrogens is 2. The molecule has 6 N–H and O–H groups in total. The van der Waals surface area contributed by atoms with Crippen LogP contribution in [-0.4, -0.2) is 95.4 Å². The maximum atomic E-state index is 13.3. The second-order valence-corrected chi connectivity index (χ2v) is 11.9. The molecule has 3 aliphatic heterocycles. The Morgan fingerprint density at radius 2 is 1.98 bits per heavy atom. The quantitative estimate of drug-likeness (QED) is 0.0832. The van der Waals surface area contributed by atoms with E-state index in [1.54, 1.807) is 17.5 Å². The summed E-state index contributed by atoms with van der Waals surface area (Å²) in [7, 11) is 0. The molecule has 0 aliphatic carbocycles. The zero-order chi connectivity index (χ0) is 30.1. The SMILES string of the molecule is O=C1CN(NC(=O)NC(C(=O)N[C@H]2C(=O)N3C(C(=O)O)=C(CSc4ccc(=O)n(O)n4)CSC23)c2cccs2)C(=O)N1. The van der Waals surface area contributed by atoms with E-state index in [4.69, 9.17) is 0 Å². The van der Waals surface area contributed by atoms with Crippen molar-refractivity contribution in [2.24, 2.45) is 0 Å². The van der Waals surface area contributed by atoms with E-state index >= 15 is 0 Å². The molecule has 17 nitrogen and oxygen atoms in total. The number of carboxylic acid groups (broad SMARTS) is 1. The van der Waals surface area contributed by atoms with Gasteiger partial charge in [0.1, 0.15) is 34.7 Å². The molecule has 2 aromatic heterocycles. The van der Waals surface area contributed by atoms with Crippen LogP contribution >= 0.6 is 34.9 Å². The maximum Gasteiger partial charge on any atom is 0.352 e. The standard InChI is InChI=1S/C22H20N8O9S3/c31-11-6-28(22(38)23-11)27-21(37)25-14(10-2-1-5-40-10)17(33)24-15-18(34)29-16(20(35)36)9(8-42-19(15)29)7-41-12-3-4-13(32)30(39)26-12/h1-5,14-15,19,39H,6-8H2,(H,24,33)(H,35,36)(H,23,31,38)(H2,25,27,37)/t14?,15-,19?/m0/s1. The van der Waals surface area contributed by atoms with Crippen LogP contribution in [0.3, 0.4) is 0 Å². The molecule has 3 aliphatic rings. The number of imide groups is 1. The first-order valence-electron chi connectivity index (χ1n) is 11.9. The third kappa shape index (κ3) is 5.76. The van der Waals surface area contributed by atoms with Crippen LogP contribution in [0, 0.1) is 0 Å². The number of nitrogens with one attached hydrogen (secondary N) is 4. The molecule has 5 rings (SSSR count). The lowest BCUT2D eigenvalue weighted by Crippen LogP contribution is -2.71. The van der Waals surface area contributed by atoms with Crippen molar-refractivity contribution in [2.75, 3.05) is 18.1 Å². The molecule has 220 valence electrons. The van der Waals surface area contributed by atoms with Crippen molar-refractivity contribution in [3.63, 3.8) is 0 Å². The largest absolute Gasteiger partial charge is 0.477 e. The van der Waals surface area contributed by atoms with Gasteiger partial charge in [0, 0.05) is 22.4 Å². The van der Waals surface area contributed by atoms with Gasteiger partial charge in [0.2, 0.25) is 11.8 Å². The minimum absolute atomic E-state index is 0.105. The molecule has 7 amide bonds. The summed E-state index contributed by atoms with van der Waals surface area (Å²) in [5, 5.41) is 32.0.